The number of thioether (sulfide) groups is 1. The third-order valence-electron chi connectivity index (χ3n) is 2.70. The first-order valence-corrected chi connectivity index (χ1v) is 6.84. The van der Waals surface area contributed by atoms with Gasteiger partial charge in [0.1, 0.15) is 0 Å². The first-order chi connectivity index (χ1) is 7.47. The Bertz CT molecular complexity index is 433. The minimum absolute atomic E-state index is 0.227. The summed E-state index contributed by atoms with van der Waals surface area (Å²) in [6, 6.07) is 8.84. The lowest BCUT2D eigenvalue weighted by atomic mass is 9.87. The summed E-state index contributed by atoms with van der Waals surface area (Å²) >= 11 is 7.02. The molecular weight excluding hydrogens is 232 g/mol. The van der Waals surface area contributed by atoms with Gasteiger partial charge in [-0.2, -0.15) is 0 Å². The molecule has 0 fully saturated rings. The maximum Gasteiger partial charge on any atom is 0.0335 e. The quantitative estimate of drug-likeness (QED) is 0.674. The molecule has 1 aromatic rings. The van der Waals surface area contributed by atoms with Gasteiger partial charge in [0.15, 0.2) is 0 Å². The van der Waals surface area contributed by atoms with Crippen molar-refractivity contribution in [2.24, 2.45) is 0 Å². The van der Waals surface area contributed by atoms with Crippen LogP contribution >= 0.6 is 24.0 Å². The highest BCUT2D eigenvalue weighted by molar-refractivity contribution is 8.10. The Kier molecular flexibility index (Phi) is 3.22. The van der Waals surface area contributed by atoms with E-state index in [1.807, 2.05) is 11.8 Å². The fraction of sp³-hybridized carbons (Fsp3) is 0.357. The molecule has 1 aliphatic heterocycles. The molecule has 0 spiro atoms. The standard InChI is InChI=1S/C14H16S2/c1-14(2,3)11-6-4-10(5-7-11)13-8-12(15)9-16-13/h4-8H,9H2,1-3H3. The van der Waals surface area contributed by atoms with Crippen LogP contribution in [0.1, 0.15) is 31.9 Å². The van der Waals surface area contributed by atoms with E-state index in [0.29, 0.717) is 0 Å². The molecule has 0 aliphatic carbocycles. The maximum absolute atomic E-state index is 5.18. The van der Waals surface area contributed by atoms with E-state index < -0.39 is 0 Å². The Morgan fingerprint density at radius 1 is 1.12 bits per heavy atom. The SMILES string of the molecule is CC(C)(C)c1ccc(C2=CC(=S)CS2)cc1. The summed E-state index contributed by atoms with van der Waals surface area (Å²) in [5.74, 6) is 0.964. The number of hydrogen-bond acceptors (Lipinski definition) is 2. The highest BCUT2D eigenvalue weighted by Crippen LogP contribution is 2.34. The van der Waals surface area contributed by atoms with E-state index >= 15 is 0 Å². The van der Waals surface area contributed by atoms with Gasteiger partial charge in [-0.15, -0.1) is 11.8 Å². The molecular formula is C14H16S2. The molecule has 2 heteroatoms. The van der Waals surface area contributed by atoms with Crippen molar-refractivity contribution in [1.29, 1.82) is 0 Å². The molecule has 84 valence electrons. The van der Waals surface area contributed by atoms with Crippen molar-refractivity contribution in [2.75, 3.05) is 5.75 Å². The number of rotatable bonds is 1. The third-order valence-corrected chi connectivity index (χ3v) is 4.26. The van der Waals surface area contributed by atoms with Crippen LogP contribution in [0.3, 0.4) is 0 Å². The smallest absolute Gasteiger partial charge is 0.0335 e. The van der Waals surface area contributed by atoms with Crippen molar-refractivity contribution in [1.82, 2.24) is 0 Å². The normalized spacial score (nSPS) is 16.4. The second kappa shape index (κ2) is 4.34. The van der Waals surface area contributed by atoms with Crippen LogP contribution < -0.4 is 0 Å². The molecule has 1 aromatic carbocycles. The van der Waals surface area contributed by atoms with Gasteiger partial charge in [-0.25, -0.2) is 0 Å². The molecule has 0 amide bonds. The van der Waals surface area contributed by atoms with Crippen LogP contribution in [0.15, 0.2) is 30.3 Å². The maximum atomic E-state index is 5.18. The summed E-state index contributed by atoms with van der Waals surface area (Å²) in [7, 11) is 0. The van der Waals surface area contributed by atoms with Gasteiger partial charge < -0.3 is 0 Å². The zero-order chi connectivity index (χ0) is 11.8. The molecule has 0 saturated heterocycles. The molecule has 2 rings (SSSR count). The lowest BCUT2D eigenvalue weighted by Crippen LogP contribution is -2.10. The van der Waals surface area contributed by atoms with Gasteiger partial charge >= 0.3 is 0 Å². The Morgan fingerprint density at radius 3 is 2.19 bits per heavy atom. The lowest BCUT2D eigenvalue weighted by molar-refractivity contribution is 0.590. The minimum Gasteiger partial charge on any atom is -0.120 e. The summed E-state index contributed by atoms with van der Waals surface area (Å²) < 4.78 is 0. The van der Waals surface area contributed by atoms with Crippen LogP contribution in [0.2, 0.25) is 0 Å². The van der Waals surface area contributed by atoms with Crippen LogP contribution in [-0.2, 0) is 5.41 Å². The highest BCUT2D eigenvalue weighted by atomic mass is 32.2. The Balaban J connectivity index is 2.27. The Labute approximate surface area is 107 Å². The van der Waals surface area contributed by atoms with Gasteiger partial charge in [-0.3, -0.25) is 0 Å². The molecule has 16 heavy (non-hydrogen) atoms. The molecule has 0 atom stereocenters. The molecule has 0 unspecified atom stereocenters. The van der Waals surface area contributed by atoms with Gasteiger partial charge in [0.05, 0.1) is 0 Å². The van der Waals surface area contributed by atoms with Crippen LogP contribution in [0, 0.1) is 0 Å². The van der Waals surface area contributed by atoms with E-state index in [0.717, 1.165) is 10.6 Å². The van der Waals surface area contributed by atoms with Crippen LogP contribution in [0.5, 0.6) is 0 Å². The summed E-state index contributed by atoms with van der Waals surface area (Å²) in [5, 5.41) is 0. The lowest BCUT2D eigenvalue weighted by Gasteiger charge is -2.19. The monoisotopic (exact) mass is 248 g/mol. The van der Waals surface area contributed by atoms with E-state index in [2.05, 4.69) is 51.1 Å². The topological polar surface area (TPSA) is 0 Å². The summed E-state index contributed by atoms with van der Waals surface area (Å²) in [6.07, 6.45) is 2.12. The number of thiocarbonyl (C=S) groups is 1. The third kappa shape index (κ3) is 2.55. The highest BCUT2D eigenvalue weighted by Gasteiger charge is 2.15. The van der Waals surface area contributed by atoms with Crippen LogP contribution in [0.25, 0.3) is 4.91 Å². The molecule has 0 bridgehead atoms. The van der Waals surface area contributed by atoms with Crippen molar-refractivity contribution < 1.29 is 0 Å². The van der Waals surface area contributed by atoms with Gasteiger partial charge in [-0.1, -0.05) is 57.3 Å². The minimum atomic E-state index is 0.227. The van der Waals surface area contributed by atoms with E-state index in [1.165, 1.54) is 16.0 Å². The van der Waals surface area contributed by atoms with Crippen LogP contribution in [-0.4, -0.2) is 10.6 Å². The Hall–Kier alpha value is -0.600. The average Bonchev–Trinajstić information content (AvgIpc) is 2.64. The second-order valence-corrected chi connectivity index (χ2v) is 6.63. The van der Waals surface area contributed by atoms with Gasteiger partial charge in [-0.05, 0) is 22.6 Å². The van der Waals surface area contributed by atoms with Crippen molar-refractivity contribution in [3.8, 4) is 0 Å². The van der Waals surface area contributed by atoms with Crippen molar-refractivity contribution in [3.05, 3.63) is 41.5 Å². The van der Waals surface area contributed by atoms with Crippen molar-refractivity contribution >= 4 is 33.7 Å². The molecule has 0 saturated carbocycles. The van der Waals surface area contributed by atoms with Gasteiger partial charge in [0.2, 0.25) is 0 Å². The average molecular weight is 248 g/mol. The molecule has 0 aromatic heterocycles. The summed E-state index contributed by atoms with van der Waals surface area (Å²) in [6.45, 7) is 6.71. The zero-order valence-corrected chi connectivity index (χ0v) is 11.5. The summed E-state index contributed by atoms with van der Waals surface area (Å²) in [5.41, 5.74) is 2.89. The predicted molar refractivity (Wildman–Crippen MR) is 78.2 cm³/mol. The second-order valence-electron chi connectivity index (χ2n) is 5.09. The fourth-order valence-corrected chi connectivity index (χ4v) is 2.96. The van der Waals surface area contributed by atoms with E-state index in [1.54, 1.807) is 0 Å². The Morgan fingerprint density at radius 2 is 1.75 bits per heavy atom. The number of allylic oxidation sites excluding steroid dienone is 1. The van der Waals surface area contributed by atoms with E-state index in [-0.39, 0.29) is 5.41 Å². The first-order valence-electron chi connectivity index (χ1n) is 5.45. The fourth-order valence-electron chi connectivity index (χ4n) is 1.68. The largest absolute Gasteiger partial charge is 0.120 e. The molecule has 0 N–H and O–H groups in total. The molecule has 0 radical (unpaired) electrons. The van der Waals surface area contributed by atoms with Crippen LogP contribution in [0.4, 0.5) is 0 Å². The molecule has 1 heterocycles. The first kappa shape index (κ1) is 11.9. The van der Waals surface area contributed by atoms with Crippen molar-refractivity contribution in [3.63, 3.8) is 0 Å². The van der Waals surface area contributed by atoms with Crippen molar-refractivity contribution in [2.45, 2.75) is 26.2 Å². The van der Waals surface area contributed by atoms with E-state index in [9.17, 15) is 0 Å². The number of benzene rings is 1. The predicted octanol–water partition coefficient (Wildman–Crippen LogP) is 4.44. The molecule has 0 nitrogen and oxygen atoms in total. The molecule has 1 aliphatic rings. The number of hydrogen-bond donors (Lipinski definition) is 0. The van der Waals surface area contributed by atoms with Gasteiger partial charge in [0, 0.05) is 15.5 Å². The van der Waals surface area contributed by atoms with E-state index in [4.69, 9.17) is 12.2 Å². The van der Waals surface area contributed by atoms with Gasteiger partial charge in [0.25, 0.3) is 0 Å². The summed E-state index contributed by atoms with van der Waals surface area (Å²) in [4.78, 5) is 2.37. The zero-order valence-electron chi connectivity index (χ0n) is 9.91.